The van der Waals surface area contributed by atoms with Gasteiger partial charge in [0.05, 0.1) is 9.95 Å². The number of anilines is 1. The first-order chi connectivity index (χ1) is 9.15. The Morgan fingerprint density at radius 1 is 1.42 bits per heavy atom. The van der Waals surface area contributed by atoms with Gasteiger partial charge < -0.3 is 5.32 Å². The molecule has 3 rings (SSSR count). The van der Waals surface area contributed by atoms with Crippen molar-refractivity contribution in [2.24, 2.45) is 17.8 Å². The maximum atomic E-state index is 11.0. The zero-order valence-electron chi connectivity index (χ0n) is 10.5. The number of nitro groups is 1. The standard InChI is InChI=1S/C13H16ClN3O2/c14-10-5-12(17(18)19)13(15-6-10)16-7-11(8-1-2-8)9-3-4-9/h5-6,8-9,11H,1-4,7H2,(H,15,16). The van der Waals surface area contributed by atoms with E-state index in [1.54, 1.807) is 0 Å². The van der Waals surface area contributed by atoms with E-state index in [0.29, 0.717) is 11.7 Å². The quantitative estimate of drug-likeness (QED) is 0.640. The van der Waals surface area contributed by atoms with Crippen molar-refractivity contribution in [1.29, 1.82) is 0 Å². The smallest absolute Gasteiger partial charge is 0.312 e. The van der Waals surface area contributed by atoms with Crippen LogP contribution < -0.4 is 5.32 Å². The molecule has 1 heterocycles. The minimum absolute atomic E-state index is 0.0437. The minimum atomic E-state index is -0.440. The summed E-state index contributed by atoms with van der Waals surface area (Å²) in [5, 5.41) is 14.4. The maximum Gasteiger partial charge on any atom is 0.312 e. The molecule has 0 aliphatic heterocycles. The van der Waals surface area contributed by atoms with Gasteiger partial charge in [-0.05, 0) is 43.4 Å². The molecule has 0 radical (unpaired) electrons. The number of nitrogens with one attached hydrogen (secondary N) is 1. The molecule has 1 N–H and O–H groups in total. The van der Waals surface area contributed by atoms with Crippen LogP contribution in [0.5, 0.6) is 0 Å². The van der Waals surface area contributed by atoms with Crippen LogP contribution in [0, 0.1) is 27.9 Å². The molecule has 0 saturated heterocycles. The Balaban J connectivity index is 1.70. The molecule has 102 valence electrons. The number of aromatic nitrogens is 1. The third-order valence-electron chi connectivity index (χ3n) is 3.99. The summed E-state index contributed by atoms with van der Waals surface area (Å²) in [6.45, 7) is 0.783. The Bertz CT molecular complexity index is 489. The fourth-order valence-electron chi connectivity index (χ4n) is 2.69. The second-order valence-electron chi connectivity index (χ2n) is 5.50. The molecule has 2 aliphatic carbocycles. The van der Waals surface area contributed by atoms with Crippen molar-refractivity contribution in [2.75, 3.05) is 11.9 Å². The summed E-state index contributed by atoms with van der Waals surface area (Å²) in [5.74, 6) is 2.61. The Hall–Kier alpha value is -1.36. The number of hydrogen-bond acceptors (Lipinski definition) is 4. The van der Waals surface area contributed by atoms with Gasteiger partial charge in [-0.15, -0.1) is 0 Å². The van der Waals surface area contributed by atoms with Gasteiger partial charge in [-0.2, -0.15) is 0 Å². The largest absolute Gasteiger partial charge is 0.364 e. The lowest BCUT2D eigenvalue weighted by Crippen LogP contribution is -2.19. The number of halogens is 1. The van der Waals surface area contributed by atoms with Crippen LogP contribution in [0.3, 0.4) is 0 Å². The van der Waals surface area contributed by atoms with Crippen LogP contribution in [-0.2, 0) is 0 Å². The Morgan fingerprint density at radius 2 is 2.05 bits per heavy atom. The van der Waals surface area contributed by atoms with Crippen LogP contribution in [0.25, 0.3) is 0 Å². The van der Waals surface area contributed by atoms with Gasteiger partial charge in [0.1, 0.15) is 0 Å². The van der Waals surface area contributed by atoms with E-state index in [1.807, 2.05) is 0 Å². The molecule has 0 unspecified atom stereocenters. The van der Waals surface area contributed by atoms with Gasteiger partial charge in [0.2, 0.25) is 5.82 Å². The summed E-state index contributed by atoms with van der Waals surface area (Å²) in [6, 6.07) is 1.35. The van der Waals surface area contributed by atoms with Crippen molar-refractivity contribution in [2.45, 2.75) is 25.7 Å². The van der Waals surface area contributed by atoms with Crippen LogP contribution in [0.1, 0.15) is 25.7 Å². The second-order valence-corrected chi connectivity index (χ2v) is 5.93. The van der Waals surface area contributed by atoms with Gasteiger partial charge in [-0.25, -0.2) is 4.98 Å². The Kier molecular flexibility index (Phi) is 3.31. The van der Waals surface area contributed by atoms with Crippen LogP contribution in [-0.4, -0.2) is 16.5 Å². The summed E-state index contributed by atoms with van der Waals surface area (Å²) >= 11 is 5.75. The van der Waals surface area contributed by atoms with Gasteiger partial charge >= 0.3 is 5.69 Å². The van der Waals surface area contributed by atoms with E-state index in [4.69, 9.17) is 11.6 Å². The molecule has 1 aromatic rings. The van der Waals surface area contributed by atoms with Gasteiger partial charge in [-0.1, -0.05) is 11.6 Å². The fraction of sp³-hybridized carbons (Fsp3) is 0.615. The molecule has 0 aromatic carbocycles. The molecule has 0 amide bonds. The molecule has 2 saturated carbocycles. The van der Waals surface area contributed by atoms with Crippen molar-refractivity contribution in [3.8, 4) is 0 Å². The first-order valence-electron chi connectivity index (χ1n) is 6.69. The van der Waals surface area contributed by atoms with Gasteiger partial charge in [-0.3, -0.25) is 10.1 Å². The molecule has 0 spiro atoms. The third-order valence-corrected chi connectivity index (χ3v) is 4.20. The topological polar surface area (TPSA) is 68.1 Å². The average Bonchev–Trinajstić information content (AvgIpc) is 3.25. The Labute approximate surface area is 116 Å². The van der Waals surface area contributed by atoms with Gasteiger partial charge in [0.25, 0.3) is 0 Å². The van der Waals surface area contributed by atoms with Crippen molar-refractivity contribution in [1.82, 2.24) is 4.98 Å². The minimum Gasteiger partial charge on any atom is -0.364 e. The van der Waals surface area contributed by atoms with E-state index in [9.17, 15) is 10.1 Å². The van der Waals surface area contributed by atoms with Gasteiger partial charge in [0.15, 0.2) is 0 Å². The van der Waals surface area contributed by atoms with Crippen LogP contribution in [0.2, 0.25) is 5.02 Å². The third kappa shape index (κ3) is 2.97. The highest BCUT2D eigenvalue weighted by Crippen LogP contribution is 2.49. The molecule has 0 bridgehead atoms. The van der Waals surface area contributed by atoms with Crippen LogP contribution in [0.4, 0.5) is 11.5 Å². The van der Waals surface area contributed by atoms with E-state index in [0.717, 1.165) is 18.4 Å². The molecular weight excluding hydrogens is 266 g/mol. The van der Waals surface area contributed by atoms with E-state index < -0.39 is 4.92 Å². The predicted octanol–water partition coefficient (Wildman–Crippen LogP) is 3.49. The first-order valence-corrected chi connectivity index (χ1v) is 7.06. The summed E-state index contributed by atoms with van der Waals surface area (Å²) < 4.78 is 0. The summed E-state index contributed by atoms with van der Waals surface area (Å²) in [4.78, 5) is 14.6. The highest BCUT2D eigenvalue weighted by molar-refractivity contribution is 6.30. The lowest BCUT2D eigenvalue weighted by Gasteiger charge is -2.16. The van der Waals surface area contributed by atoms with Crippen molar-refractivity contribution in [3.05, 3.63) is 27.4 Å². The number of hydrogen-bond donors (Lipinski definition) is 1. The van der Waals surface area contributed by atoms with E-state index in [-0.39, 0.29) is 10.7 Å². The zero-order chi connectivity index (χ0) is 13.4. The average molecular weight is 282 g/mol. The molecular formula is C13H16ClN3O2. The number of nitrogens with zero attached hydrogens (tertiary/aromatic N) is 2. The lowest BCUT2D eigenvalue weighted by molar-refractivity contribution is -0.384. The zero-order valence-corrected chi connectivity index (χ0v) is 11.3. The summed E-state index contributed by atoms with van der Waals surface area (Å²) in [7, 11) is 0. The van der Waals surface area contributed by atoms with Gasteiger partial charge in [0, 0.05) is 18.8 Å². The first kappa shape index (κ1) is 12.7. The SMILES string of the molecule is O=[N+]([O-])c1cc(Cl)cnc1NCC(C1CC1)C1CC1. The van der Waals surface area contributed by atoms with E-state index >= 15 is 0 Å². The maximum absolute atomic E-state index is 11.0. The highest BCUT2D eigenvalue weighted by Gasteiger charge is 2.41. The lowest BCUT2D eigenvalue weighted by atomic mass is 9.98. The van der Waals surface area contributed by atoms with E-state index in [2.05, 4.69) is 10.3 Å². The van der Waals surface area contributed by atoms with Crippen molar-refractivity contribution in [3.63, 3.8) is 0 Å². The Morgan fingerprint density at radius 3 is 2.58 bits per heavy atom. The molecule has 2 fully saturated rings. The molecule has 5 nitrogen and oxygen atoms in total. The molecule has 2 aliphatic rings. The molecule has 19 heavy (non-hydrogen) atoms. The second kappa shape index (κ2) is 4.96. The molecule has 6 heteroatoms. The summed E-state index contributed by atoms with van der Waals surface area (Å²) in [6.07, 6.45) is 6.66. The molecule has 0 atom stereocenters. The normalized spacial score (nSPS) is 18.6. The molecule has 1 aromatic heterocycles. The monoisotopic (exact) mass is 281 g/mol. The van der Waals surface area contributed by atoms with E-state index in [1.165, 1.54) is 37.9 Å². The predicted molar refractivity (Wildman–Crippen MR) is 73.3 cm³/mol. The van der Waals surface area contributed by atoms with Crippen molar-refractivity contribution < 1.29 is 4.92 Å². The van der Waals surface area contributed by atoms with Crippen molar-refractivity contribution >= 4 is 23.1 Å². The summed E-state index contributed by atoms with van der Waals surface area (Å²) in [5.41, 5.74) is -0.0437. The van der Waals surface area contributed by atoms with Crippen LogP contribution in [0.15, 0.2) is 12.3 Å². The number of pyridine rings is 1. The number of rotatable bonds is 6. The van der Waals surface area contributed by atoms with Crippen LogP contribution >= 0.6 is 11.6 Å². The fourth-order valence-corrected chi connectivity index (χ4v) is 2.84. The highest BCUT2D eigenvalue weighted by atomic mass is 35.5.